The van der Waals surface area contributed by atoms with Gasteiger partial charge in [0.05, 0.1) is 12.2 Å². The standard InChI is InChI=1S/C21H18N4O3/c26-14-19-22-18-12-11-17(16-9-5-2-6-10-16)23-20(18)25(19)24(21(27)28)13-15-7-3-1-4-8-15/h1-12,26H,13-14H2,(H,27,28). The molecule has 0 unspecified atom stereocenters. The van der Waals surface area contributed by atoms with E-state index in [1.54, 1.807) is 6.07 Å². The second-order valence-corrected chi connectivity index (χ2v) is 6.23. The highest BCUT2D eigenvalue weighted by atomic mass is 16.4. The van der Waals surface area contributed by atoms with Crippen molar-refractivity contribution in [1.29, 1.82) is 0 Å². The SMILES string of the molecule is O=C(O)N(Cc1ccccc1)n1c(CO)nc2ccc(-c3ccccc3)nc21. The van der Waals surface area contributed by atoms with Crippen LogP contribution in [0.4, 0.5) is 4.79 Å². The van der Waals surface area contributed by atoms with Crippen LogP contribution >= 0.6 is 0 Å². The second kappa shape index (κ2) is 7.50. The van der Waals surface area contributed by atoms with E-state index < -0.39 is 12.7 Å². The van der Waals surface area contributed by atoms with Crippen LogP contribution in [-0.2, 0) is 13.2 Å². The Labute approximate surface area is 161 Å². The van der Waals surface area contributed by atoms with Crippen LogP contribution in [0.2, 0.25) is 0 Å². The van der Waals surface area contributed by atoms with Gasteiger partial charge in [0.25, 0.3) is 0 Å². The molecular weight excluding hydrogens is 356 g/mol. The van der Waals surface area contributed by atoms with E-state index in [1.807, 2.05) is 66.7 Å². The molecule has 0 spiro atoms. The molecule has 0 atom stereocenters. The summed E-state index contributed by atoms with van der Waals surface area (Å²) in [7, 11) is 0. The first kappa shape index (κ1) is 17.7. The Hall–Kier alpha value is -3.71. The van der Waals surface area contributed by atoms with Crippen molar-refractivity contribution in [3.63, 3.8) is 0 Å². The van der Waals surface area contributed by atoms with Crippen LogP contribution in [-0.4, -0.2) is 31.0 Å². The van der Waals surface area contributed by atoms with Crippen LogP contribution in [0, 0.1) is 0 Å². The number of imidazole rings is 1. The van der Waals surface area contributed by atoms with E-state index in [1.165, 1.54) is 4.68 Å². The van der Waals surface area contributed by atoms with E-state index in [4.69, 9.17) is 0 Å². The van der Waals surface area contributed by atoms with Crippen LogP contribution in [0.25, 0.3) is 22.4 Å². The number of fused-ring (bicyclic) bond motifs is 1. The van der Waals surface area contributed by atoms with Gasteiger partial charge in [-0.25, -0.2) is 24.4 Å². The molecule has 28 heavy (non-hydrogen) atoms. The van der Waals surface area contributed by atoms with Crippen LogP contribution in [0.3, 0.4) is 0 Å². The number of amides is 1. The molecule has 0 bridgehead atoms. The molecule has 0 saturated carbocycles. The molecule has 7 nitrogen and oxygen atoms in total. The topological polar surface area (TPSA) is 91.5 Å². The molecule has 1 amide bonds. The number of benzene rings is 2. The number of hydrogen-bond acceptors (Lipinski definition) is 4. The van der Waals surface area contributed by atoms with Crippen molar-refractivity contribution in [3.8, 4) is 11.3 Å². The van der Waals surface area contributed by atoms with Gasteiger partial charge in [-0.1, -0.05) is 60.7 Å². The summed E-state index contributed by atoms with van der Waals surface area (Å²) in [4.78, 5) is 21.0. The predicted octanol–water partition coefficient (Wildman–Crippen LogP) is 3.41. The Morgan fingerprint density at radius 3 is 2.25 bits per heavy atom. The lowest BCUT2D eigenvalue weighted by Gasteiger charge is -2.22. The van der Waals surface area contributed by atoms with E-state index >= 15 is 0 Å². The van der Waals surface area contributed by atoms with Gasteiger partial charge in [-0.3, -0.25) is 0 Å². The van der Waals surface area contributed by atoms with Gasteiger partial charge in [0.2, 0.25) is 0 Å². The fourth-order valence-corrected chi connectivity index (χ4v) is 3.10. The van der Waals surface area contributed by atoms with Crippen LogP contribution in [0.5, 0.6) is 0 Å². The maximum absolute atomic E-state index is 12.0. The highest BCUT2D eigenvalue weighted by molar-refractivity contribution is 5.82. The molecule has 2 heterocycles. The maximum atomic E-state index is 12.0. The average molecular weight is 374 g/mol. The third kappa shape index (κ3) is 3.30. The van der Waals surface area contributed by atoms with Crippen LogP contribution < -0.4 is 5.01 Å². The molecule has 0 saturated heterocycles. The number of pyridine rings is 1. The highest BCUT2D eigenvalue weighted by Gasteiger charge is 2.23. The monoisotopic (exact) mass is 374 g/mol. The number of aliphatic hydroxyl groups excluding tert-OH is 1. The minimum Gasteiger partial charge on any atom is -0.464 e. The molecule has 2 aromatic carbocycles. The smallest absolute Gasteiger partial charge is 0.427 e. The zero-order valence-corrected chi connectivity index (χ0v) is 14.9. The normalized spacial score (nSPS) is 10.9. The minimum absolute atomic E-state index is 0.103. The first-order chi connectivity index (χ1) is 13.7. The molecular formula is C21H18N4O3. The van der Waals surface area contributed by atoms with Gasteiger partial charge >= 0.3 is 6.09 Å². The second-order valence-electron chi connectivity index (χ2n) is 6.23. The van der Waals surface area contributed by atoms with Crippen molar-refractivity contribution in [3.05, 3.63) is 84.2 Å². The molecule has 0 fully saturated rings. The number of hydrogen-bond donors (Lipinski definition) is 2. The largest absolute Gasteiger partial charge is 0.464 e. The first-order valence-corrected chi connectivity index (χ1v) is 8.76. The van der Waals surface area contributed by atoms with Crippen molar-refractivity contribution in [2.24, 2.45) is 0 Å². The van der Waals surface area contributed by atoms with Crippen molar-refractivity contribution >= 4 is 17.3 Å². The average Bonchev–Trinajstić information content (AvgIpc) is 3.10. The molecule has 140 valence electrons. The Morgan fingerprint density at radius 2 is 1.61 bits per heavy atom. The molecule has 2 N–H and O–H groups in total. The summed E-state index contributed by atoms with van der Waals surface area (Å²) in [5, 5.41) is 20.7. The van der Waals surface area contributed by atoms with E-state index in [0.717, 1.165) is 16.1 Å². The molecule has 0 radical (unpaired) electrons. The number of nitrogens with zero attached hydrogens (tertiary/aromatic N) is 4. The molecule has 0 aliphatic heterocycles. The summed E-state index contributed by atoms with van der Waals surface area (Å²) >= 11 is 0. The van der Waals surface area contributed by atoms with Gasteiger partial charge in [0.15, 0.2) is 11.5 Å². The molecule has 0 aliphatic carbocycles. The summed E-state index contributed by atoms with van der Waals surface area (Å²) in [6.45, 7) is -0.304. The lowest BCUT2D eigenvalue weighted by Crippen LogP contribution is -2.40. The number of aliphatic hydroxyl groups is 1. The van der Waals surface area contributed by atoms with Gasteiger partial charge < -0.3 is 10.2 Å². The van der Waals surface area contributed by atoms with E-state index in [0.29, 0.717) is 16.9 Å². The van der Waals surface area contributed by atoms with Crippen molar-refractivity contribution in [2.75, 3.05) is 5.01 Å². The Morgan fingerprint density at radius 1 is 0.929 bits per heavy atom. The third-order valence-corrected chi connectivity index (χ3v) is 4.40. The van der Waals surface area contributed by atoms with Gasteiger partial charge in [-0.15, -0.1) is 0 Å². The number of carbonyl (C=O) groups is 1. The molecule has 4 rings (SSSR count). The van der Waals surface area contributed by atoms with Crippen molar-refractivity contribution < 1.29 is 15.0 Å². The summed E-state index contributed by atoms with van der Waals surface area (Å²) in [5.74, 6) is 0.214. The minimum atomic E-state index is -1.16. The lowest BCUT2D eigenvalue weighted by atomic mass is 10.1. The zero-order valence-electron chi connectivity index (χ0n) is 14.9. The van der Waals surface area contributed by atoms with Crippen LogP contribution in [0.15, 0.2) is 72.8 Å². The third-order valence-electron chi connectivity index (χ3n) is 4.40. The predicted molar refractivity (Wildman–Crippen MR) is 105 cm³/mol. The van der Waals surface area contributed by atoms with Gasteiger partial charge in [-0.05, 0) is 17.7 Å². The summed E-state index contributed by atoms with van der Waals surface area (Å²) in [5.41, 5.74) is 3.32. The zero-order chi connectivity index (χ0) is 19.5. The molecule has 4 aromatic rings. The van der Waals surface area contributed by atoms with Gasteiger partial charge in [0.1, 0.15) is 12.1 Å². The number of rotatable bonds is 5. The number of aromatic nitrogens is 3. The van der Waals surface area contributed by atoms with Gasteiger partial charge in [-0.2, -0.15) is 0 Å². The molecule has 2 aromatic heterocycles. The van der Waals surface area contributed by atoms with E-state index in [9.17, 15) is 15.0 Å². The Balaban J connectivity index is 1.86. The quantitative estimate of drug-likeness (QED) is 0.559. The Bertz CT molecular complexity index is 1110. The summed E-state index contributed by atoms with van der Waals surface area (Å²) in [6, 6.07) is 22.5. The summed E-state index contributed by atoms with van der Waals surface area (Å²) in [6.07, 6.45) is -1.16. The van der Waals surface area contributed by atoms with Crippen molar-refractivity contribution in [1.82, 2.24) is 14.6 Å². The van der Waals surface area contributed by atoms with Crippen LogP contribution in [0.1, 0.15) is 11.4 Å². The lowest BCUT2D eigenvalue weighted by molar-refractivity contribution is 0.192. The van der Waals surface area contributed by atoms with E-state index in [2.05, 4.69) is 9.97 Å². The van der Waals surface area contributed by atoms with Gasteiger partial charge in [0, 0.05) is 5.56 Å². The fourth-order valence-electron chi connectivity index (χ4n) is 3.10. The highest BCUT2D eigenvalue weighted by Crippen LogP contribution is 2.22. The maximum Gasteiger partial charge on any atom is 0.427 e. The fraction of sp³-hybridized carbons (Fsp3) is 0.0952. The summed E-state index contributed by atoms with van der Waals surface area (Å²) < 4.78 is 1.37. The molecule has 7 heteroatoms. The number of carboxylic acid groups (broad SMARTS) is 1. The van der Waals surface area contributed by atoms with E-state index in [-0.39, 0.29) is 12.4 Å². The first-order valence-electron chi connectivity index (χ1n) is 8.76. The van der Waals surface area contributed by atoms with Crippen molar-refractivity contribution in [2.45, 2.75) is 13.2 Å². The molecule has 0 aliphatic rings. The Kier molecular flexibility index (Phi) is 4.74.